The number of hydrogen-bond donors (Lipinski definition) is 2. The van der Waals surface area contributed by atoms with Gasteiger partial charge >= 0.3 is 5.97 Å². The summed E-state index contributed by atoms with van der Waals surface area (Å²) in [6, 6.07) is 11.9. The number of carboxylic acids is 2. The van der Waals surface area contributed by atoms with E-state index >= 15 is 0 Å². The van der Waals surface area contributed by atoms with E-state index in [1.54, 1.807) is 56.5 Å². The molecule has 7 nitrogen and oxygen atoms in total. The summed E-state index contributed by atoms with van der Waals surface area (Å²) >= 11 is 5.89. The van der Waals surface area contributed by atoms with Gasteiger partial charge in [-0.15, -0.1) is 0 Å². The molecule has 0 fully saturated rings. The summed E-state index contributed by atoms with van der Waals surface area (Å²) in [4.78, 5) is 33.3. The molecule has 3 aromatic rings. The van der Waals surface area contributed by atoms with Crippen molar-refractivity contribution in [1.82, 2.24) is 4.57 Å². The number of aliphatic carboxylic acids is 2. The number of benzene rings is 2. The molecule has 0 radical (unpaired) electrons. The first-order chi connectivity index (χ1) is 13.6. The van der Waals surface area contributed by atoms with E-state index in [9.17, 15) is 14.7 Å². The first-order valence-corrected chi connectivity index (χ1v) is 8.93. The van der Waals surface area contributed by atoms with Gasteiger partial charge in [0.25, 0.3) is 11.9 Å². The monoisotopic (exact) mass is 417 g/mol. The zero-order valence-corrected chi connectivity index (χ0v) is 16.9. The third kappa shape index (κ3) is 5.14. The molecule has 8 heteroatoms. The van der Waals surface area contributed by atoms with Crippen LogP contribution >= 0.6 is 11.6 Å². The van der Waals surface area contributed by atoms with Gasteiger partial charge in [-0.25, -0.2) is 0 Å². The third-order valence-corrected chi connectivity index (χ3v) is 4.42. The van der Waals surface area contributed by atoms with Gasteiger partial charge in [0.2, 0.25) is 0 Å². The van der Waals surface area contributed by atoms with Crippen LogP contribution in [0.1, 0.15) is 28.5 Å². The molecular weight excluding hydrogens is 398 g/mol. The average Bonchev–Trinajstić information content (AvgIpc) is 2.92. The lowest BCUT2D eigenvalue weighted by Crippen LogP contribution is -2.14. The van der Waals surface area contributed by atoms with Crippen molar-refractivity contribution >= 4 is 40.3 Å². The maximum Gasteiger partial charge on any atom is 0.307 e. The van der Waals surface area contributed by atoms with Gasteiger partial charge in [0.05, 0.1) is 19.0 Å². The number of nitrogens with zero attached hydrogens (tertiary/aromatic N) is 1. The van der Waals surface area contributed by atoms with E-state index in [-0.39, 0.29) is 12.3 Å². The minimum absolute atomic E-state index is 0.170. The predicted molar refractivity (Wildman–Crippen MR) is 109 cm³/mol. The third-order valence-electron chi connectivity index (χ3n) is 4.16. The van der Waals surface area contributed by atoms with Gasteiger partial charge in [-0.05, 0) is 55.0 Å². The number of halogens is 1. The van der Waals surface area contributed by atoms with E-state index in [4.69, 9.17) is 26.2 Å². The van der Waals surface area contributed by atoms with Gasteiger partial charge in [-0.3, -0.25) is 19.0 Å². The molecule has 0 unspecified atom stereocenters. The highest BCUT2D eigenvalue weighted by Crippen LogP contribution is 2.30. The molecule has 0 bridgehead atoms. The lowest BCUT2D eigenvalue weighted by molar-refractivity contribution is -0.136. The second-order valence-corrected chi connectivity index (χ2v) is 6.62. The molecule has 0 aliphatic rings. The van der Waals surface area contributed by atoms with Gasteiger partial charge in [-0.2, -0.15) is 0 Å². The van der Waals surface area contributed by atoms with Crippen molar-refractivity contribution < 1.29 is 29.3 Å². The molecular formula is C21H20ClNO6. The van der Waals surface area contributed by atoms with E-state index < -0.39 is 11.9 Å². The summed E-state index contributed by atoms with van der Waals surface area (Å²) in [5, 5.41) is 17.9. The maximum absolute atomic E-state index is 13.0. The second-order valence-electron chi connectivity index (χ2n) is 6.18. The SMILES string of the molecule is CC(=O)O.COc1ccc2c(c1)c(CC(=O)O)c(C)n2C(=O)c1ccc(Cl)cc1. The Kier molecular flexibility index (Phi) is 7.01. The van der Waals surface area contributed by atoms with E-state index in [1.165, 1.54) is 4.57 Å². The second kappa shape index (κ2) is 9.25. The fourth-order valence-corrected chi connectivity index (χ4v) is 3.07. The first-order valence-electron chi connectivity index (χ1n) is 8.55. The van der Waals surface area contributed by atoms with Crippen LogP contribution in [0, 0.1) is 6.92 Å². The molecule has 0 atom stereocenters. The van der Waals surface area contributed by atoms with Crippen LogP contribution in [-0.2, 0) is 16.0 Å². The van der Waals surface area contributed by atoms with Crippen molar-refractivity contribution in [2.45, 2.75) is 20.3 Å². The molecule has 29 heavy (non-hydrogen) atoms. The number of aromatic nitrogens is 1. The summed E-state index contributed by atoms with van der Waals surface area (Å²) in [7, 11) is 1.54. The van der Waals surface area contributed by atoms with Crippen molar-refractivity contribution in [3.05, 3.63) is 64.3 Å². The summed E-state index contributed by atoms with van der Waals surface area (Å²) in [5.74, 6) is -1.42. The molecule has 2 aromatic carbocycles. The number of ether oxygens (including phenoxy) is 1. The number of rotatable bonds is 4. The molecule has 0 saturated carbocycles. The highest BCUT2D eigenvalue weighted by atomic mass is 35.5. The van der Waals surface area contributed by atoms with Crippen molar-refractivity contribution in [3.8, 4) is 5.75 Å². The van der Waals surface area contributed by atoms with Crippen molar-refractivity contribution in [3.63, 3.8) is 0 Å². The topological polar surface area (TPSA) is 106 Å². The van der Waals surface area contributed by atoms with Crippen LogP contribution in [-0.4, -0.2) is 39.7 Å². The van der Waals surface area contributed by atoms with E-state index in [1.807, 2.05) is 0 Å². The van der Waals surface area contributed by atoms with Crippen molar-refractivity contribution in [2.24, 2.45) is 0 Å². The molecule has 2 N–H and O–H groups in total. The minimum Gasteiger partial charge on any atom is -0.497 e. The molecule has 3 rings (SSSR count). The van der Waals surface area contributed by atoms with Crippen LogP contribution in [0.25, 0.3) is 10.9 Å². The molecule has 0 aliphatic heterocycles. The fourth-order valence-electron chi connectivity index (χ4n) is 2.95. The van der Waals surface area contributed by atoms with Gasteiger partial charge in [-0.1, -0.05) is 11.6 Å². The summed E-state index contributed by atoms with van der Waals surface area (Å²) in [6.07, 6.45) is -0.170. The average molecular weight is 418 g/mol. The predicted octanol–water partition coefficient (Wildman–Crippen LogP) is 4.02. The molecule has 1 heterocycles. The Bertz CT molecular complexity index is 1060. The summed E-state index contributed by atoms with van der Waals surface area (Å²) in [6.45, 7) is 2.83. The van der Waals surface area contributed by atoms with E-state index in [2.05, 4.69) is 0 Å². The number of fused-ring (bicyclic) bond motifs is 1. The van der Waals surface area contributed by atoms with Crippen LogP contribution in [0.3, 0.4) is 0 Å². The van der Waals surface area contributed by atoms with Crippen LogP contribution < -0.4 is 4.74 Å². The smallest absolute Gasteiger partial charge is 0.307 e. The number of hydrogen-bond acceptors (Lipinski definition) is 4. The molecule has 1 aromatic heterocycles. The van der Waals surface area contributed by atoms with Gasteiger partial charge in [0.15, 0.2) is 0 Å². The molecule has 0 aliphatic carbocycles. The van der Waals surface area contributed by atoms with Gasteiger partial charge < -0.3 is 14.9 Å². The number of methoxy groups -OCH3 is 1. The maximum atomic E-state index is 13.0. The highest BCUT2D eigenvalue weighted by Gasteiger charge is 2.21. The van der Waals surface area contributed by atoms with Crippen molar-refractivity contribution in [2.75, 3.05) is 7.11 Å². The Hall–Kier alpha value is -3.32. The van der Waals surface area contributed by atoms with E-state index in [0.717, 1.165) is 6.92 Å². The van der Waals surface area contributed by atoms with Crippen LogP contribution in [0.5, 0.6) is 5.75 Å². The normalized spacial score (nSPS) is 10.2. The zero-order chi connectivity index (χ0) is 21.7. The van der Waals surface area contributed by atoms with Crippen molar-refractivity contribution in [1.29, 1.82) is 0 Å². The molecule has 0 saturated heterocycles. The first kappa shape index (κ1) is 22.0. The minimum atomic E-state index is -0.955. The summed E-state index contributed by atoms with van der Waals surface area (Å²) < 4.78 is 6.77. The Morgan fingerprint density at radius 3 is 2.17 bits per heavy atom. The van der Waals surface area contributed by atoms with Gasteiger partial charge in [0.1, 0.15) is 5.75 Å². The largest absolute Gasteiger partial charge is 0.497 e. The quantitative estimate of drug-likeness (QED) is 0.664. The lowest BCUT2D eigenvalue weighted by atomic mass is 10.1. The van der Waals surface area contributed by atoms with Crippen LogP contribution in [0.4, 0.5) is 0 Å². The Balaban J connectivity index is 0.000000687. The van der Waals surface area contributed by atoms with E-state index in [0.29, 0.717) is 38.5 Å². The summed E-state index contributed by atoms with van der Waals surface area (Å²) in [5.41, 5.74) is 2.32. The number of carbonyl (C=O) groups is 3. The molecule has 0 spiro atoms. The standard InChI is InChI=1S/C19H16ClNO4.C2H4O2/c1-11-15(10-18(22)23)16-9-14(25-2)7-8-17(16)21(11)19(24)12-3-5-13(20)6-4-12;1-2(3)4/h3-9H,10H2,1-2H3,(H,22,23);1H3,(H,3,4). The Labute approximate surface area is 172 Å². The van der Waals surface area contributed by atoms with Crippen LogP contribution in [0.2, 0.25) is 5.02 Å². The molecule has 0 amide bonds. The highest BCUT2D eigenvalue weighted by molar-refractivity contribution is 6.30. The Morgan fingerprint density at radius 1 is 1.07 bits per heavy atom. The zero-order valence-electron chi connectivity index (χ0n) is 16.1. The Morgan fingerprint density at radius 2 is 1.66 bits per heavy atom. The lowest BCUT2D eigenvalue weighted by Gasteiger charge is -2.08. The van der Waals surface area contributed by atoms with Crippen LogP contribution in [0.15, 0.2) is 42.5 Å². The molecule has 152 valence electrons. The number of carbonyl (C=O) groups excluding carboxylic acids is 1. The number of carboxylic acid groups (broad SMARTS) is 2. The fraction of sp³-hybridized carbons (Fsp3) is 0.190. The van der Waals surface area contributed by atoms with Gasteiger partial charge in [0, 0.05) is 28.6 Å².